The summed E-state index contributed by atoms with van der Waals surface area (Å²) in [5.41, 5.74) is 5.36. The van der Waals surface area contributed by atoms with E-state index in [9.17, 15) is 4.79 Å². The summed E-state index contributed by atoms with van der Waals surface area (Å²) in [6, 6.07) is 38.8. The molecule has 4 aromatic carbocycles. The zero-order valence-electron chi connectivity index (χ0n) is 24.3. The number of nitrogens with one attached hydrogen (secondary N) is 1. The standard InChI is InChI=1S/C37H36N4O2/c42-36(38-29-13-2-1-3-14-29)43-37(32-17-7-5-15-30(32)31-16-6-8-18-33(31)37)22-10-11-23-40-24-26-41(27-25-40)35-21-20-28-12-4-9-19-34(28)39-35/h1-9,12-21H,10-11,22-27H2,(H,38,42). The van der Waals surface area contributed by atoms with Crippen molar-refractivity contribution in [2.45, 2.75) is 24.9 Å². The molecule has 6 heteroatoms. The summed E-state index contributed by atoms with van der Waals surface area (Å²) in [4.78, 5) is 23.2. The van der Waals surface area contributed by atoms with E-state index in [0.717, 1.165) is 91.3 Å². The van der Waals surface area contributed by atoms with Gasteiger partial charge < -0.3 is 9.64 Å². The summed E-state index contributed by atoms with van der Waals surface area (Å²) < 4.78 is 6.46. The lowest BCUT2D eigenvalue weighted by molar-refractivity contribution is 0.0426. The SMILES string of the molecule is O=C(Nc1ccccc1)OC1(CCCCN2CCN(c3ccc4ccccc4n3)CC2)c2ccccc2-c2ccccc21. The molecule has 1 aliphatic heterocycles. The van der Waals surface area contributed by atoms with Crippen molar-refractivity contribution in [3.8, 4) is 11.1 Å². The minimum Gasteiger partial charge on any atom is -0.433 e. The molecule has 1 fully saturated rings. The van der Waals surface area contributed by atoms with Crippen molar-refractivity contribution in [2.75, 3.05) is 42.9 Å². The van der Waals surface area contributed by atoms with Gasteiger partial charge in [0.25, 0.3) is 0 Å². The smallest absolute Gasteiger partial charge is 0.412 e. The molecule has 1 aliphatic carbocycles. The van der Waals surface area contributed by atoms with Crippen molar-refractivity contribution in [3.63, 3.8) is 0 Å². The molecule has 2 heterocycles. The summed E-state index contributed by atoms with van der Waals surface area (Å²) >= 11 is 0. The first-order valence-corrected chi connectivity index (χ1v) is 15.3. The molecule has 0 saturated carbocycles. The number of rotatable bonds is 8. The molecule has 0 radical (unpaired) electrons. The number of pyridine rings is 1. The monoisotopic (exact) mass is 568 g/mol. The molecule has 1 saturated heterocycles. The largest absolute Gasteiger partial charge is 0.433 e. The van der Waals surface area contributed by atoms with Gasteiger partial charge in [-0.15, -0.1) is 0 Å². The number of nitrogens with zero attached hydrogens (tertiary/aromatic N) is 3. The molecular formula is C37H36N4O2. The van der Waals surface area contributed by atoms with Crippen molar-refractivity contribution in [3.05, 3.63) is 126 Å². The maximum absolute atomic E-state index is 13.3. The van der Waals surface area contributed by atoms with Gasteiger partial charge in [0.1, 0.15) is 5.82 Å². The Kier molecular flexibility index (Phi) is 7.52. The van der Waals surface area contributed by atoms with Gasteiger partial charge in [0.05, 0.1) is 5.52 Å². The highest BCUT2D eigenvalue weighted by Gasteiger charge is 2.46. The highest BCUT2D eigenvalue weighted by Crippen LogP contribution is 2.52. The van der Waals surface area contributed by atoms with Crippen LogP contribution in [0.15, 0.2) is 115 Å². The van der Waals surface area contributed by atoms with E-state index < -0.39 is 11.7 Å². The van der Waals surface area contributed by atoms with E-state index in [1.54, 1.807) is 0 Å². The minimum atomic E-state index is -0.827. The molecule has 0 spiro atoms. The molecule has 0 unspecified atom stereocenters. The van der Waals surface area contributed by atoms with Gasteiger partial charge in [-0.1, -0.05) is 84.9 Å². The first-order valence-electron chi connectivity index (χ1n) is 15.3. The molecule has 2 aliphatic rings. The van der Waals surface area contributed by atoms with Crippen LogP contribution in [0.4, 0.5) is 16.3 Å². The van der Waals surface area contributed by atoms with E-state index >= 15 is 0 Å². The summed E-state index contributed by atoms with van der Waals surface area (Å²) in [6.07, 6.45) is 2.26. The number of carbonyl (C=O) groups is 1. The fraction of sp³-hybridized carbons (Fsp3) is 0.243. The third-order valence-corrected chi connectivity index (χ3v) is 8.83. The van der Waals surface area contributed by atoms with E-state index in [1.165, 1.54) is 5.39 Å². The van der Waals surface area contributed by atoms with Crippen molar-refractivity contribution in [2.24, 2.45) is 0 Å². The number of anilines is 2. The number of aromatic nitrogens is 1. The lowest BCUT2D eigenvalue weighted by Crippen LogP contribution is -2.47. The first kappa shape index (κ1) is 27.2. The molecule has 5 aromatic rings. The van der Waals surface area contributed by atoms with Gasteiger partial charge in [-0.05, 0) is 67.3 Å². The Hall–Kier alpha value is -4.68. The van der Waals surface area contributed by atoms with Crippen LogP contribution >= 0.6 is 0 Å². The molecule has 1 N–H and O–H groups in total. The molecule has 7 rings (SSSR count). The van der Waals surface area contributed by atoms with Crippen molar-refractivity contribution >= 4 is 28.5 Å². The van der Waals surface area contributed by atoms with Crippen LogP contribution in [-0.2, 0) is 10.3 Å². The average Bonchev–Trinajstić information content (AvgIpc) is 3.33. The van der Waals surface area contributed by atoms with Crippen molar-refractivity contribution in [1.82, 2.24) is 9.88 Å². The minimum absolute atomic E-state index is 0.434. The number of para-hydroxylation sites is 2. The second-order valence-electron chi connectivity index (χ2n) is 11.4. The van der Waals surface area contributed by atoms with E-state index in [4.69, 9.17) is 9.72 Å². The Morgan fingerprint density at radius 1 is 0.721 bits per heavy atom. The summed E-state index contributed by atoms with van der Waals surface area (Å²) in [5, 5.41) is 4.12. The van der Waals surface area contributed by atoms with Gasteiger partial charge in [-0.25, -0.2) is 9.78 Å². The maximum Gasteiger partial charge on any atom is 0.412 e. The quantitative estimate of drug-likeness (QED) is 0.194. The fourth-order valence-corrected chi connectivity index (χ4v) is 6.68. The Balaban J connectivity index is 1.02. The highest BCUT2D eigenvalue weighted by atomic mass is 16.6. The van der Waals surface area contributed by atoms with E-state index in [1.807, 2.05) is 48.5 Å². The van der Waals surface area contributed by atoms with Crippen LogP contribution in [0.2, 0.25) is 0 Å². The van der Waals surface area contributed by atoms with E-state index in [2.05, 4.69) is 81.8 Å². The second kappa shape index (κ2) is 11.9. The summed E-state index contributed by atoms with van der Waals surface area (Å²) in [6.45, 7) is 4.99. The normalized spacial score (nSPS) is 15.6. The third-order valence-electron chi connectivity index (χ3n) is 8.83. The van der Waals surface area contributed by atoms with Crippen LogP contribution in [-0.4, -0.2) is 48.7 Å². The van der Waals surface area contributed by atoms with Crippen LogP contribution in [0, 0.1) is 0 Å². The van der Waals surface area contributed by atoms with Crippen LogP contribution in [0.25, 0.3) is 22.0 Å². The lowest BCUT2D eigenvalue weighted by Gasteiger charge is -2.36. The van der Waals surface area contributed by atoms with Crippen LogP contribution in [0.5, 0.6) is 0 Å². The van der Waals surface area contributed by atoms with Crippen LogP contribution < -0.4 is 10.2 Å². The highest BCUT2D eigenvalue weighted by molar-refractivity contribution is 5.87. The fourth-order valence-electron chi connectivity index (χ4n) is 6.68. The van der Waals surface area contributed by atoms with Crippen LogP contribution in [0.1, 0.15) is 30.4 Å². The zero-order chi connectivity index (χ0) is 29.1. The molecule has 1 amide bonds. The number of hydrogen-bond acceptors (Lipinski definition) is 5. The van der Waals surface area contributed by atoms with E-state index in [0.29, 0.717) is 0 Å². The number of piperazine rings is 1. The summed E-state index contributed by atoms with van der Waals surface area (Å²) in [7, 11) is 0. The number of unbranched alkanes of at least 4 members (excludes halogenated alkanes) is 1. The Labute approximate surface area is 252 Å². The third kappa shape index (κ3) is 5.46. The topological polar surface area (TPSA) is 57.7 Å². The average molecular weight is 569 g/mol. The Morgan fingerprint density at radius 2 is 1.37 bits per heavy atom. The van der Waals surface area contributed by atoms with Gasteiger partial charge in [0.15, 0.2) is 5.60 Å². The number of benzene rings is 4. The van der Waals surface area contributed by atoms with Crippen LogP contribution in [0.3, 0.4) is 0 Å². The molecule has 1 aromatic heterocycles. The second-order valence-corrected chi connectivity index (χ2v) is 11.4. The van der Waals surface area contributed by atoms with Gasteiger partial charge >= 0.3 is 6.09 Å². The first-order chi connectivity index (χ1) is 21.2. The van der Waals surface area contributed by atoms with Crippen molar-refractivity contribution < 1.29 is 9.53 Å². The molecule has 0 bridgehead atoms. The Bertz CT molecular complexity index is 1680. The molecule has 43 heavy (non-hydrogen) atoms. The molecular weight excluding hydrogens is 532 g/mol. The number of hydrogen-bond donors (Lipinski definition) is 1. The zero-order valence-corrected chi connectivity index (χ0v) is 24.3. The molecule has 0 atom stereocenters. The van der Waals surface area contributed by atoms with Gasteiger partial charge in [-0.3, -0.25) is 10.2 Å². The number of carbonyl (C=O) groups excluding carboxylic acids is 1. The number of amides is 1. The molecule has 216 valence electrons. The van der Waals surface area contributed by atoms with Crippen molar-refractivity contribution in [1.29, 1.82) is 0 Å². The predicted octanol–water partition coefficient (Wildman–Crippen LogP) is 7.70. The maximum atomic E-state index is 13.3. The van der Waals surface area contributed by atoms with Gasteiger partial charge in [-0.2, -0.15) is 0 Å². The number of ether oxygens (including phenoxy) is 1. The van der Waals surface area contributed by atoms with Gasteiger partial charge in [0.2, 0.25) is 0 Å². The lowest BCUT2D eigenvalue weighted by atomic mass is 9.86. The van der Waals surface area contributed by atoms with Gasteiger partial charge in [0, 0.05) is 48.4 Å². The Morgan fingerprint density at radius 3 is 2.12 bits per heavy atom. The van der Waals surface area contributed by atoms with E-state index in [-0.39, 0.29) is 0 Å². The summed E-state index contributed by atoms with van der Waals surface area (Å²) in [5.74, 6) is 1.06. The molecule has 6 nitrogen and oxygen atoms in total. The predicted molar refractivity (Wildman–Crippen MR) is 173 cm³/mol. The number of fused-ring (bicyclic) bond motifs is 4.